The quantitative estimate of drug-likeness (QED) is 0.867. The number of aryl methyl sites for hydroxylation is 1. The number of ketones is 1. The number of rotatable bonds is 3. The molecule has 1 aromatic heterocycles. The van der Waals surface area contributed by atoms with Gasteiger partial charge in [0.25, 0.3) is 0 Å². The lowest BCUT2D eigenvalue weighted by Crippen LogP contribution is -2.35. The third kappa shape index (κ3) is 3.27. The second kappa shape index (κ2) is 6.04. The third-order valence-corrected chi connectivity index (χ3v) is 3.90. The molecule has 0 aliphatic carbocycles. The van der Waals surface area contributed by atoms with Gasteiger partial charge in [-0.3, -0.25) is 4.79 Å². The van der Waals surface area contributed by atoms with Gasteiger partial charge >= 0.3 is 0 Å². The van der Waals surface area contributed by atoms with E-state index in [1.54, 1.807) is 6.33 Å². The number of piperidine rings is 1. The summed E-state index contributed by atoms with van der Waals surface area (Å²) in [6.45, 7) is 3.61. The Bertz CT molecular complexity index is 627. The monoisotopic (exact) mass is 281 g/mol. The molecule has 1 aliphatic heterocycles. The molecule has 0 atom stereocenters. The second-order valence-electron chi connectivity index (χ2n) is 5.56. The molecule has 4 nitrogen and oxygen atoms in total. The molecule has 2 aromatic rings. The normalized spacial score (nSPS) is 15.3. The molecule has 0 spiro atoms. The molecule has 0 saturated carbocycles. The molecule has 1 aliphatic rings. The van der Waals surface area contributed by atoms with E-state index in [4.69, 9.17) is 0 Å². The van der Waals surface area contributed by atoms with Gasteiger partial charge in [-0.15, -0.1) is 0 Å². The minimum absolute atomic E-state index is 0.348. The van der Waals surface area contributed by atoms with Crippen LogP contribution in [0.2, 0.25) is 0 Å². The number of hydrogen-bond acceptors (Lipinski definition) is 4. The van der Waals surface area contributed by atoms with Gasteiger partial charge in [-0.25, -0.2) is 9.97 Å². The Balaban J connectivity index is 1.82. The van der Waals surface area contributed by atoms with Crippen LogP contribution in [0, 0.1) is 6.92 Å². The number of anilines is 1. The first-order valence-electron chi connectivity index (χ1n) is 7.33. The van der Waals surface area contributed by atoms with Crippen molar-refractivity contribution < 1.29 is 4.79 Å². The van der Waals surface area contributed by atoms with Crippen LogP contribution in [-0.2, 0) is 11.2 Å². The second-order valence-corrected chi connectivity index (χ2v) is 5.56. The van der Waals surface area contributed by atoms with Crippen molar-refractivity contribution in [1.82, 2.24) is 9.97 Å². The molecule has 1 fully saturated rings. The molecule has 0 radical (unpaired) electrons. The lowest BCUT2D eigenvalue weighted by atomic mass is 10.0. The van der Waals surface area contributed by atoms with Gasteiger partial charge in [-0.2, -0.15) is 0 Å². The van der Waals surface area contributed by atoms with E-state index in [0.29, 0.717) is 18.6 Å². The van der Waals surface area contributed by atoms with Gasteiger partial charge in [-0.05, 0) is 12.5 Å². The van der Waals surface area contributed by atoms with E-state index in [1.807, 2.05) is 6.20 Å². The Morgan fingerprint density at radius 2 is 1.86 bits per heavy atom. The molecule has 0 bridgehead atoms. The number of benzene rings is 1. The zero-order valence-electron chi connectivity index (χ0n) is 12.2. The molecular formula is C17H19N3O. The fourth-order valence-corrected chi connectivity index (χ4v) is 2.66. The largest absolute Gasteiger partial charge is 0.355 e. The highest BCUT2D eigenvalue weighted by atomic mass is 16.1. The Hall–Kier alpha value is -2.23. The van der Waals surface area contributed by atoms with E-state index in [1.165, 1.54) is 11.1 Å². The van der Waals surface area contributed by atoms with Crippen LogP contribution in [0.3, 0.4) is 0 Å². The molecule has 108 valence electrons. The van der Waals surface area contributed by atoms with Crippen molar-refractivity contribution in [2.45, 2.75) is 26.2 Å². The standard InChI is InChI=1S/C17H19N3O/c1-13-2-4-14(5-3-13)10-15-11-18-12-19-17(15)20-8-6-16(21)7-9-20/h2-5,11-12H,6-10H2,1H3. The van der Waals surface area contributed by atoms with Crippen LogP contribution in [0.1, 0.15) is 29.5 Å². The minimum atomic E-state index is 0.348. The van der Waals surface area contributed by atoms with Crippen LogP contribution < -0.4 is 4.90 Å². The number of Topliss-reactive ketones (excluding diaryl/α,β-unsaturated/α-hetero) is 1. The molecular weight excluding hydrogens is 262 g/mol. The molecule has 4 heteroatoms. The summed E-state index contributed by atoms with van der Waals surface area (Å²) in [7, 11) is 0. The predicted octanol–water partition coefficient (Wildman–Crippen LogP) is 2.55. The maximum atomic E-state index is 11.4. The molecule has 2 heterocycles. The molecule has 21 heavy (non-hydrogen) atoms. The lowest BCUT2D eigenvalue weighted by Gasteiger charge is -2.28. The summed E-state index contributed by atoms with van der Waals surface area (Å²) in [6, 6.07) is 8.54. The number of nitrogens with zero attached hydrogens (tertiary/aromatic N) is 3. The van der Waals surface area contributed by atoms with Gasteiger partial charge in [0.1, 0.15) is 17.9 Å². The van der Waals surface area contributed by atoms with Crippen LogP contribution >= 0.6 is 0 Å². The molecule has 0 N–H and O–H groups in total. The zero-order chi connectivity index (χ0) is 14.7. The van der Waals surface area contributed by atoms with Gasteiger partial charge in [0.15, 0.2) is 0 Å². The van der Waals surface area contributed by atoms with Crippen molar-refractivity contribution in [3.8, 4) is 0 Å². The van der Waals surface area contributed by atoms with Crippen LogP contribution in [0.25, 0.3) is 0 Å². The van der Waals surface area contributed by atoms with Crippen molar-refractivity contribution in [1.29, 1.82) is 0 Å². The average molecular weight is 281 g/mol. The lowest BCUT2D eigenvalue weighted by molar-refractivity contribution is -0.119. The third-order valence-electron chi connectivity index (χ3n) is 3.90. The summed E-state index contributed by atoms with van der Waals surface area (Å²) in [6.07, 6.45) is 5.53. The highest BCUT2D eigenvalue weighted by Gasteiger charge is 2.19. The number of carbonyl (C=O) groups excluding carboxylic acids is 1. The van der Waals surface area contributed by atoms with Gasteiger partial charge < -0.3 is 4.90 Å². The molecule has 3 rings (SSSR count). The van der Waals surface area contributed by atoms with Gasteiger partial charge in [0, 0.05) is 44.1 Å². The van der Waals surface area contributed by atoms with Crippen LogP contribution in [0.4, 0.5) is 5.82 Å². The summed E-state index contributed by atoms with van der Waals surface area (Å²) in [5, 5.41) is 0. The highest BCUT2D eigenvalue weighted by molar-refractivity contribution is 5.81. The average Bonchev–Trinajstić information content (AvgIpc) is 2.51. The zero-order valence-corrected chi connectivity index (χ0v) is 12.2. The van der Waals surface area contributed by atoms with Crippen molar-refractivity contribution >= 4 is 11.6 Å². The summed E-state index contributed by atoms with van der Waals surface area (Å²) in [5.74, 6) is 1.32. The topological polar surface area (TPSA) is 46.1 Å². The van der Waals surface area contributed by atoms with Gasteiger partial charge in [-0.1, -0.05) is 29.8 Å². The Labute approximate surface area is 124 Å². The molecule has 0 unspecified atom stereocenters. The Morgan fingerprint density at radius 3 is 2.57 bits per heavy atom. The van der Waals surface area contributed by atoms with Crippen molar-refractivity contribution in [2.24, 2.45) is 0 Å². The maximum absolute atomic E-state index is 11.4. The molecule has 0 amide bonds. The van der Waals surface area contributed by atoms with Crippen LogP contribution in [0.5, 0.6) is 0 Å². The Morgan fingerprint density at radius 1 is 1.14 bits per heavy atom. The SMILES string of the molecule is Cc1ccc(Cc2cncnc2N2CCC(=O)CC2)cc1. The first-order chi connectivity index (χ1) is 10.2. The summed E-state index contributed by atoms with van der Waals surface area (Å²) in [5.41, 5.74) is 3.64. The van der Waals surface area contributed by atoms with Crippen molar-refractivity contribution in [3.63, 3.8) is 0 Å². The fourth-order valence-electron chi connectivity index (χ4n) is 2.66. The van der Waals surface area contributed by atoms with E-state index < -0.39 is 0 Å². The number of hydrogen-bond donors (Lipinski definition) is 0. The predicted molar refractivity (Wildman–Crippen MR) is 82.5 cm³/mol. The van der Waals surface area contributed by atoms with Crippen LogP contribution in [-0.4, -0.2) is 28.8 Å². The summed E-state index contributed by atoms with van der Waals surface area (Å²) >= 11 is 0. The number of carbonyl (C=O) groups is 1. The Kier molecular flexibility index (Phi) is 3.95. The van der Waals surface area contributed by atoms with E-state index in [-0.39, 0.29) is 0 Å². The number of aromatic nitrogens is 2. The van der Waals surface area contributed by atoms with Crippen molar-refractivity contribution in [3.05, 3.63) is 53.5 Å². The van der Waals surface area contributed by atoms with E-state index in [2.05, 4.69) is 46.1 Å². The molecule has 1 aromatic carbocycles. The highest BCUT2D eigenvalue weighted by Crippen LogP contribution is 2.22. The first kappa shape index (κ1) is 13.7. The van der Waals surface area contributed by atoms with E-state index in [0.717, 1.165) is 30.9 Å². The summed E-state index contributed by atoms with van der Waals surface area (Å²) in [4.78, 5) is 22.2. The summed E-state index contributed by atoms with van der Waals surface area (Å²) < 4.78 is 0. The molecule has 1 saturated heterocycles. The fraction of sp³-hybridized carbons (Fsp3) is 0.353. The maximum Gasteiger partial charge on any atom is 0.136 e. The first-order valence-corrected chi connectivity index (χ1v) is 7.33. The van der Waals surface area contributed by atoms with Crippen molar-refractivity contribution in [2.75, 3.05) is 18.0 Å². The van der Waals surface area contributed by atoms with E-state index >= 15 is 0 Å². The van der Waals surface area contributed by atoms with Gasteiger partial charge in [0.2, 0.25) is 0 Å². The smallest absolute Gasteiger partial charge is 0.136 e. The van der Waals surface area contributed by atoms with E-state index in [9.17, 15) is 4.79 Å². The minimum Gasteiger partial charge on any atom is -0.355 e. The van der Waals surface area contributed by atoms with Crippen LogP contribution in [0.15, 0.2) is 36.8 Å². The van der Waals surface area contributed by atoms with Gasteiger partial charge in [0.05, 0.1) is 0 Å².